The van der Waals surface area contributed by atoms with E-state index in [1.54, 1.807) is 36.7 Å². The van der Waals surface area contributed by atoms with Crippen molar-refractivity contribution >= 4 is 0 Å². The Labute approximate surface area is 80.7 Å². The van der Waals surface area contributed by atoms with Gasteiger partial charge in [0.05, 0.1) is 0 Å². The summed E-state index contributed by atoms with van der Waals surface area (Å²) >= 11 is 0. The van der Waals surface area contributed by atoms with Crippen LogP contribution in [-0.2, 0) is 0 Å². The summed E-state index contributed by atoms with van der Waals surface area (Å²) in [5.41, 5.74) is 1.16. The minimum absolute atomic E-state index is 0.333. The maximum absolute atomic E-state index is 13.0. The van der Waals surface area contributed by atoms with Gasteiger partial charge in [-0.15, -0.1) is 0 Å². The van der Waals surface area contributed by atoms with Gasteiger partial charge in [-0.25, -0.2) is 4.39 Å². The summed E-state index contributed by atoms with van der Waals surface area (Å²) < 4.78 is 13.0. The van der Waals surface area contributed by atoms with E-state index in [1.807, 2.05) is 0 Å². The number of pyridine rings is 1. The lowest BCUT2D eigenvalue weighted by atomic mass is 10.1. The number of benzene rings is 1. The molecule has 0 saturated heterocycles. The fraction of sp³-hybridized carbons (Fsp3) is 0. The Bertz CT molecular complexity index is 442. The third kappa shape index (κ3) is 1.44. The molecular formula is C11H8FNO. The quantitative estimate of drug-likeness (QED) is 0.747. The van der Waals surface area contributed by atoms with E-state index in [0.29, 0.717) is 11.1 Å². The van der Waals surface area contributed by atoms with E-state index in [9.17, 15) is 9.50 Å². The van der Waals surface area contributed by atoms with Gasteiger partial charge in [0, 0.05) is 23.5 Å². The van der Waals surface area contributed by atoms with Crippen molar-refractivity contribution in [2.24, 2.45) is 0 Å². The highest BCUT2D eigenvalue weighted by atomic mass is 19.1. The molecule has 0 spiro atoms. The maximum Gasteiger partial charge on any atom is 0.165 e. The van der Waals surface area contributed by atoms with Crippen LogP contribution in [0.4, 0.5) is 4.39 Å². The fourth-order valence-electron chi connectivity index (χ4n) is 1.27. The number of rotatable bonds is 1. The predicted molar refractivity (Wildman–Crippen MR) is 51.3 cm³/mol. The molecule has 0 bridgehead atoms. The van der Waals surface area contributed by atoms with E-state index in [1.165, 1.54) is 6.07 Å². The van der Waals surface area contributed by atoms with Gasteiger partial charge in [-0.2, -0.15) is 0 Å². The average molecular weight is 189 g/mol. The Balaban J connectivity index is 2.58. The van der Waals surface area contributed by atoms with Crippen LogP contribution in [0.1, 0.15) is 0 Å². The number of phenolic OH excluding ortho intramolecular Hbond substituents is 1. The maximum atomic E-state index is 13.0. The van der Waals surface area contributed by atoms with Crippen molar-refractivity contribution in [1.29, 1.82) is 0 Å². The zero-order valence-corrected chi connectivity index (χ0v) is 7.31. The smallest absolute Gasteiger partial charge is 0.165 e. The van der Waals surface area contributed by atoms with E-state index in [0.717, 1.165) is 0 Å². The molecule has 2 aromatic rings. The predicted octanol–water partition coefficient (Wildman–Crippen LogP) is 2.59. The Hall–Kier alpha value is -1.90. The molecule has 3 heteroatoms. The van der Waals surface area contributed by atoms with Gasteiger partial charge in [-0.1, -0.05) is 18.2 Å². The molecule has 14 heavy (non-hydrogen) atoms. The Morgan fingerprint density at radius 2 is 2.00 bits per heavy atom. The van der Waals surface area contributed by atoms with E-state index >= 15 is 0 Å². The van der Waals surface area contributed by atoms with Crippen molar-refractivity contribution in [3.8, 4) is 16.9 Å². The van der Waals surface area contributed by atoms with Crippen molar-refractivity contribution in [2.75, 3.05) is 0 Å². The van der Waals surface area contributed by atoms with Crippen LogP contribution in [0.3, 0.4) is 0 Å². The van der Waals surface area contributed by atoms with Gasteiger partial charge in [-0.05, 0) is 12.1 Å². The number of nitrogens with zero attached hydrogens (tertiary/aromatic N) is 1. The molecule has 1 N–H and O–H groups in total. The normalized spacial score (nSPS) is 10.1. The second-order valence-electron chi connectivity index (χ2n) is 2.88. The number of aromatic nitrogens is 1. The summed E-state index contributed by atoms with van der Waals surface area (Å²) in [6.45, 7) is 0. The summed E-state index contributed by atoms with van der Waals surface area (Å²) in [5, 5.41) is 9.45. The molecule has 0 unspecified atom stereocenters. The molecule has 0 saturated carbocycles. The Morgan fingerprint density at radius 1 is 1.14 bits per heavy atom. The van der Waals surface area contributed by atoms with Crippen molar-refractivity contribution < 1.29 is 9.50 Å². The van der Waals surface area contributed by atoms with Crippen LogP contribution < -0.4 is 0 Å². The summed E-state index contributed by atoms with van der Waals surface area (Å²) in [6, 6.07) is 7.92. The number of aromatic hydroxyl groups is 1. The number of para-hydroxylation sites is 1. The highest BCUT2D eigenvalue weighted by Gasteiger charge is 2.07. The summed E-state index contributed by atoms with van der Waals surface area (Å²) in [7, 11) is 0. The molecule has 0 atom stereocenters. The number of phenols is 1. The standard InChI is InChI=1S/C11H8FNO/c12-10-5-1-4-9(11(10)14)8-3-2-6-13-7-8/h1-7,14H. The molecule has 0 radical (unpaired) electrons. The topological polar surface area (TPSA) is 33.1 Å². The van der Waals surface area contributed by atoms with Crippen molar-refractivity contribution in [2.45, 2.75) is 0 Å². The van der Waals surface area contributed by atoms with Gasteiger partial charge in [0.1, 0.15) is 0 Å². The zero-order chi connectivity index (χ0) is 9.97. The molecule has 0 amide bonds. The first-order valence-electron chi connectivity index (χ1n) is 4.17. The first-order chi connectivity index (χ1) is 6.79. The first-order valence-corrected chi connectivity index (χ1v) is 4.17. The largest absolute Gasteiger partial charge is 0.504 e. The monoisotopic (exact) mass is 189 g/mol. The molecular weight excluding hydrogens is 181 g/mol. The first kappa shape index (κ1) is 8.69. The van der Waals surface area contributed by atoms with Gasteiger partial charge in [0.25, 0.3) is 0 Å². The number of halogens is 1. The van der Waals surface area contributed by atoms with Crippen molar-refractivity contribution in [3.05, 3.63) is 48.5 Å². The average Bonchev–Trinajstić information content (AvgIpc) is 2.23. The molecule has 0 aliphatic heterocycles. The van der Waals surface area contributed by atoms with E-state index in [2.05, 4.69) is 4.98 Å². The fourth-order valence-corrected chi connectivity index (χ4v) is 1.27. The second kappa shape index (κ2) is 3.46. The van der Waals surface area contributed by atoms with E-state index in [-0.39, 0.29) is 5.75 Å². The van der Waals surface area contributed by atoms with Gasteiger partial charge in [-0.3, -0.25) is 4.98 Å². The van der Waals surface area contributed by atoms with Crippen LogP contribution in [0.5, 0.6) is 5.75 Å². The molecule has 70 valence electrons. The van der Waals surface area contributed by atoms with Crippen LogP contribution in [0, 0.1) is 5.82 Å². The molecule has 0 fully saturated rings. The van der Waals surface area contributed by atoms with Crippen LogP contribution in [0.2, 0.25) is 0 Å². The summed E-state index contributed by atoms with van der Waals surface area (Å²) in [4.78, 5) is 3.90. The van der Waals surface area contributed by atoms with Gasteiger partial charge < -0.3 is 5.11 Å². The molecule has 2 nitrogen and oxygen atoms in total. The Morgan fingerprint density at radius 3 is 2.71 bits per heavy atom. The van der Waals surface area contributed by atoms with Crippen LogP contribution in [-0.4, -0.2) is 10.1 Å². The summed E-state index contributed by atoms with van der Waals surface area (Å²) in [6.07, 6.45) is 3.20. The summed E-state index contributed by atoms with van der Waals surface area (Å²) in [5.74, 6) is -0.952. The van der Waals surface area contributed by atoms with E-state index in [4.69, 9.17) is 0 Å². The van der Waals surface area contributed by atoms with Gasteiger partial charge in [0.15, 0.2) is 11.6 Å². The minimum atomic E-state index is -0.619. The van der Waals surface area contributed by atoms with Crippen molar-refractivity contribution in [1.82, 2.24) is 4.98 Å². The lowest BCUT2D eigenvalue weighted by Gasteiger charge is -2.03. The van der Waals surface area contributed by atoms with Crippen molar-refractivity contribution in [3.63, 3.8) is 0 Å². The second-order valence-corrected chi connectivity index (χ2v) is 2.88. The lowest BCUT2D eigenvalue weighted by molar-refractivity contribution is 0.434. The minimum Gasteiger partial charge on any atom is -0.504 e. The third-order valence-electron chi connectivity index (χ3n) is 1.96. The molecule has 0 aliphatic carbocycles. The Kier molecular flexibility index (Phi) is 2.14. The van der Waals surface area contributed by atoms with Crippen LogP contribution in [0.15, 0.2) is 42.7 Å². The highest BCUT2D eigenvalue weighted by molar-refractivity contribution is 5.69. The molecule has 1 aromatic carbocycles. The van der Waals surface area contributed by atoms with E-state index < -0.39 is 5.82 Å². The lowest BCUT2D eigenvalue weighted by Crippen LogP contribution is -1.83. The molecule has 1 aromatic heterocycles. The number of hydrogen-bond acceptors (Lipinski definition) is 2. The highest BCUT2D eigenvalue weighted by Crippen LogP contribution is 2.30. The number of hydrogen-bond donors (Lipinski definition) is 1. The zero-order valence-electron chi connectivity index (χ0n) is 7.31. The third-order valence-corrected chi connectivity index (χ3v) is 1.96. The SMILES string of the molecule is Oc1c(F)cccc1-c1cccnc1. The van der Waals surface area contributed by atoms with Gasteiger partial charge >= 0.3 is 0 Å². The van der Waals surface area contributed by atoms with Gasteiger partial charge in [0.2, 0.25) is 0 Å². The molecule has 1 heterocycles. The molecule has 0 aliphatic rings. The van der Waals surface area contributed by atoms with Crippen LogP contribution >= 0.6 is 0 Å². The van der Waals surface area contributed by atoms with Crippen LogP contribution in [0.25, 0.3) is 11.1 Å². The molecule has 2 rings (SSSR count).